The summed E-state index contributed by atoms with van der Waals surface area (Å²) in [6.07, 6.45) is 4.84. The summed E-state index contributed by atoms with van der Waals surface area (Å²) in [5.41, 5.74) is 0. The summed E-state index contributed by atoms with van der Waals surface area (Å²) >= 11 is 1.95. The lowest BCUT2D eigenvalue weighted by Crippen LogP contribution is -2.35. The van der Waals surface area contributed by atoms with Crippen molar-refractivity contribution in [2.75, 3.05) is 38.2 Å². The number of nitrogens with zero attached hydrogens (tertiary/aromatic N) is 1. The quantitative estimate of drug-likeness (QED) is 0.694. The molecule has 0 amide bonds. The molecule has 0 spiro atoms. The van der Waals surface area contributed by atoms with Gasteiger partial charge in [-0.1, -0.05) is 0 Å². The summed E-state index contributed by atoms with van der Waals surface area (Å²) < 4.78 is 0. The molecule has 1 heterocycles. The minimum atomic E-state index is 0.678. The Kier molecular flexibility index (Phi) is 5.83. The van der Waals surface area contributed by atoms with Crippen LogP contribution in [0.2, 0.25) is 0 Å². The van der Waals surface area contributed by atoms with E-state index in [9.17, 15) is 0 Å². The molecule has 0 bridgehead atoms. The third-order valence-corrected chi connectivity index (χ3v) is 3.20. The van der Waals surface area contributed by atoms with Crippen LogP contribution in [-0.4, -0.2) is 49.1 Å². The topological polar surface area (TPSA) is 15.3 Å². The third-order valence-electron chi connectivity index (χ3n) is 2.50. The zero-order valence-corrected chi connectivity index (χ0v) is 9.70. The predicted octanol–water partition coefficient (Wildman–Crippen LogP) is 1.42. The van der Waals surface area contributed by atoms with Crippen LogP contribution >= 0.6 is 11.8 Å². The van der Waals surface area contributed by atoms with E-state index >= 15 is 0 Å². The first-order valence-corrected chi connectivity index (χ1v) is 6.67. The van der Waals surface area contributed by atoms with Gasteiger partial charge in [0.25, 0.3) is 0 Å². The first-order valence-electron chi connectivity index (χ1n) is 5.27. The van der Waals surface area contributed by atoms with Crippen molar-refractivity contribution in [2.45, 2.75) is 25.8 Å². The molecule has 13 heavy (non-hydrogen) atoms. The van der Waals surface area contributed by atoms with Crippen LogP contribution in [0.1, 0.15) is 19.8 Å². The summed E-state index contributed by atoms with van der Waals surface area (Å²) in [7, 11) is 0. The molecule has 0 aromatic heterocycles. The second-order valence-corrected chi connectivity index (χ2v) is 4.84. The number of rotatable bonds is 4. The Hall–Kier alpha value is 0.270. The lowest BCUT2D eigenvalue weighted by atomic mass is 10.3. The lowest BCUT2D eigenvalue weighted by Gasteiger charge is -2.21. The van der Waals surface area contributed by atoms with Gasteiger partial charge in [0.15, 0.2) is 0 Å². The minimum absolute atomic E-state index is 0.678. The first kappa shape index (κ1) is 11.3. The highest BCUT2D eigenvalue weighted by molar-refractivity contribution is 7.98. The van der Waals surface area contributed by atoms with Crippen molar-refractivity contribution in [1.82, 2.24) is 10.2 Å². The van der Waals surface area contributed by atoms with Gasteiger partial charge in [0.1, 0.15) is 0 Å². The van der Waals surface area contributed by atoms with E-state index in [-0.39, 0.29) is 0 Å². The average Bonchev–Trinajstić information content (AvgIpc) is 2.31. The molecule has 0 radical (unpaired) electrons. The molecular formula is C10H22N2S. The van der Waals surface area contributed by atoms with E-state index < -0.39 is 0 Å². The molecule has 1 aliphatic heterocycles. The van der Waals surface area contributed by atoms with E-state index in [0.717, 1.165) is 0 Å². The Balaban J connectivity index is 2.15. The van der Waals surface area contributed by atoms with E-state index in [0.29, 0.717) is 6.04 Å². The van der Waals surface area contributed by atoms with Gasteiger partial charge in [-0.2, -0.15) is 11.8 Å². The van der Waals surface area contributed by atoms with Crippen LogP contribution < -0.4 is 5.32 Å². The molecule has 1 saturated heterocycles. The standard InChI is InChI=1S/C10H22N2S/c1-10-9-12(6-3-5-11-10)7-4-8-13-2/h10-11H,3-9H2,1-2H3. The normalized spacial score (nSPS) is 25.8. The molecule has 0 aromatic carbocycles. The van der Waals surface area contributed by atoms with Gasteiger partial charge in [-0.3, -0.25) is 0 Å². The van der Waals surface area contributed by atoms with Crippen LogP contribution in [0.3, 0.4) is 0 Å². The zero-order valence-electron chi connectivity index (χ0n) is 8.88. The Labute approximate surface area is 86.5 Å². The number of hydrogen-bond acceptors (Lipinski definition) is 3. The third kappa shape index (κ3) is 4.89. The van der Waals surface area contributed by atoms with Crippen molar-refractivity contribution in [1.29, 1.82) is 0 Å². The van der Waals surface area contributed by atoms with Crippen LogP contribution in [0.5, 0.6) is 0 Å². The fourth-order valence-corrected chi connectivity index (χ4v) is 2.25. The molecule has 1 N–H and O–H groups in total. The molecule has 1 fully saturated rings. The molecule has 2 nitrogen and oxygen atoms in total. The lowest BCUT2D eigenvalue weighted by molar-refractivity contribution is 0.274. The summed E-state index contributed by atoms with van der Waals surface area (Å²) in [4.78, 5) is 2.60. The van der Waals surface area contributed by atoms with Crippen molar-refractivity contribution in [2.24, 2.45) is 0 Å². The largest absolute Gasteiger partial charge is 0.313 e. The summed E-state index contributed by atoms with van der Waals surface area (Å²) in [5, 5.41) is 3.52. The van der Waals surface area contributed by atoms with E-state index in [1.54, 1.807) is 0 Å². The van der Waals surface area contributed by atoms with Crippen LogP contribution in [0, 0.1) is 0 Å². The first-order chi connectivity index (χ1) is 6.33. The van der Waals surface area contributed by atoms with Gasteiger partial charge in [0.2, 0.25) is 0 Å². The molecule has 0 saturated carbocycles. The molecule has 0 aromatic rings. The highest BCUT2D eigenvalue weighted by atomic mass is 32.2. The molecule has 1 aliphatic rings. The maximum absolute atomic E-state index is 3.52. The van der Waals surface area contributed by atoms with E-state index in [2.05, 4.69) is 23.4 Å². The summed E-state index contributed by atoms with van der Waals surface area (Å²) in [6, 6.07) is 0.678. The maximum atomic E-state index is 3.52. The minimum Gasteiger partial charge on any atom is -0.313 e. The van der Waals surface area contributed by atoms with Gasteiger partial charge in [-0.25, -0.2) is 0 Å². The van der Waals surface area contributed by atoms with Gasteiger partial charge in [0, 0.05) is 12.6 Å². The molecule has 0 aliphatic carbocycles. The molecule has 78 valence electrons. The van der Waals surface area contributed by atoms with Gasteiger partial charge >= 0.3 is 0 Å². The van der Waals surface area contributed by atoms with Gasteiger partial charge < -0.3 is 10.2 Å². The summed E-state index contributed by atoms with van der Waals surface area (Å²) in [6.45, 7) is 7.28. The van der Waals surface area contributed by atoms with E-state index in [4.69, 9.17) is 0 Å². The highest BCUT2D eigenvalue weighted by Crippen LogP contribution is 2.03. The second kappa shape index (κ2) is 6.68. The van der Waals surface area contributed by atoms with Gasteiger partial charge in [-0.15, -0.1) is 0 Å². The fourth-order valence-electron chi connectivity index (χ4n) is 1.83. The monoisotopic (exact) mass is 202 g/mol. The van der Waals surface area contributed by atoms with Crippen LogP contribution in [0.4, 0.5) is 0 Å². The Morgan fingerprint density at radius 2 is 2.38 bits per heavy atom. The highest BCUT2D eigenvalue weighted by Gasteiger charge is 2.12. The predicted molar refractivity (Wildman–Crippen MR) is 61.5 cm³/mol. The maximum Gasteiger partial charge on any atom is 0.0166 e. The Morgan fingerprint density at radius 1 is 1.54 bits per heavy atom. The SMILES string of the molecule is CSCCCN1CCCNC(C)C1. The average molecular weight is 202 g/mol. The van der Waals surface area contributed by atoms with Gasteiger partial charge in [0.05, 0.1) is 0 Å². The van der Waals surface area contributed by atoms with Crippen LogP contribution in [0.15, 0.2) is 0 Å². The van der Waals surface area contributed by atoms with Crippen molar-refractivity contribution in [3.8, 4) is 0 Å². The van der Waals surface area contributed by atoms with Crippen molar-refractivity contribution >= 4 is 11.8 Å². The van der Waals surface area contributed by atoms with E-state index in [1.807, 2.05) is 11.8 Å². The van der Waals surface area contributed by atoms with Crippen molar-refractivity contribution in [3.05, 3.63) is 0 Å². The van der Waals surface area contributed by atoms with Crippen LogP contribution in [0.25, 0.3) is 0 Å². The molecule has 1 rings (SSSR count). The summed E-state index contributed by atoms with van der Waals surface area (Å²) in [5.74, 6) is 1.30. The fraction of sp³-hybridized carbons (Fsp3) is 1.00. The zero-order chi connectivity index (χ0) is 9.52. The van der Waals surface area contributed by atoms with Crippen molar-refractivity contribution in [3.63, 3.8) is 0 Å². The Morgan fingerprint density at radius 3 is 3.15 bits per heavy atom. The smallest absolute Gasteiger partial charge is 0.0166 e. The van der Waals surface area contributed by atoms with Crippen LogP contribution in [-0.2, 0) is 0 Å². The molecular weight excluding hydrogens is 180 g/mol. The molecule has 3 heteroatoms. The number of hydrogen-bond donors (Lipinski definition) is 1. The van der Waals surface area contributed by atoms with Gasteiger partial charge in [-0.05, 0) is 51.4 Å². The van der Waals surface area contributed by atoms with E-state index in [1.165, 1.54) is 44.8 Å². The molecule has 1 atom stereocenters. The Bertz CT molecular complexity index is 130. The molecule has 1 unspecified atom stereocenters. The second-order valence-electron chi connectivity index (χ2n) is 3.86. The van der Waals surface area contributed by atoms with Crippen molar-refractivity contribution < 1.29 is 0 Å². The number of nitrogens with one attached hydrogen (secondary N) is 1. The number of thioether (sulfide) groups is 1.